The van der Waals surface area contributed by atoms with Crippen molar-refractivity contribution in [3.8, 4) is 0 Å². The van der Waals surface area contributed by atoms with E-state index in [0.29, 0.717) is 12.0 Å². The maximum Gasteiger partial charge on any atom is 0.239 e. The summed E-state index contributed by atoms with van der Waals surface area (Å²) in [4.78, 5) is 17.0. The van der Waals surface area contributed by atoms with E-state index in [0.717, 1.165) is 43.1 Å². The molecule has 0 aromatic heterocycles. The molecule has 2 aliphatic heterocycles. The summed E-state index contributed by atoms with van der Waals surface area (Å²) < 4.78 is 5.39. The average Bonchev–Trinajstić information content (AvgIpc) is 3.16. The van der Waals surface area contributed by atoms with Crippen molar-refractivity contribution in [3.63, 3.8) is 0 Å². The topological polar surface area (TPSA) is 50.7 Å². The maximum atomic E-state index is 12.2. The summed E-state index contributed by atoms with van der Waals surface area (Å²) in [7, 11) is 0. The molecule has 4 fully saturated rings. The number of hydrogen-bond donors (Lipinski definition) is 1. The second-order valence-electron chi connectivity index (χ2n) is 6.65. The predicted octanol–water partition coefficient (Wildman–Crippen LogP) is 2.19. The van der Waals surface area contributed by atoms with Crippen molar-refractivity contribution >= 4 is 22.8 Å². The molecule has 2 unspecified atom stereocenters. The Balaban J connectivity index is 1.42. The Labute approximate surface area is 124 Å². The lowest BCUT2D eigenvalue weighted by atomic mass is 9.96. The number of carbonyl (C=O) groups excluding carboxylic acids is 1. The van der Waals surface area contributed by atoms with E-state index in [9.17, 15) is 4.79 Å². The number of fused-ring (bicyclic) bond motifs is 2. The molecule has 2 saturated heterocycles. The number of amides is 1. The summed E-state index contributed by atoms with van der Waals surface area (Å²) in [6, 6.07) is 0.477. The molecule has 4 rings (SSSR count). The van der Waals surface area contributed by atoms with E-state index in [-0.39, 0.29) is 11.2 Å². The molecule has 20 heavy (non-hydrogen) atoms. The van der Waals surface area contributed by atoms with Crippen molar-refractivity contribution < 1.29 is 9.53 Å². The molecule has 2 heterocycles. The van der Waals surface area contributed by atoms with E-state index in [1.807, 2.05) is 0 Å². The van der Waals surface area contributed by atoms with Crippen LogP contribution in [0.5, 0.6) is 0 Å². The van der Waals surface area contributed by atoms with Gasteiger partial charge in [-0.2, -0.15) is 0 Å². The second-order valence-corrected chi connectivity index (χ2v) is 7.78. The number of aliphatic imine (C=N–C) groups is 1. The first-order valence-electron chi connectivity index (χ1n) is 7.92. The monoisotopic (exact) mass is 294 g/mol. The van der Waals surface area contributed by atoms with Gasteiger partial charge in [0.1, 0.15) is 0 Å². The minimum atomic E-state index is 0.0660. The SMILES string of the molecule is O=C1NC(=N[C@H]2C[C@@H]3CCC2C3)SC1C1CCOCC1. The standard InChI is InChI=1S/C15H22N2O2S/c18-14-13(10-3-5-19-6-4-10)20-15(17-14)16-12-8-9-1-2-11(12)7-9/h9-13H,1-8H2,(H,16,17,18)/t9-,11?,12+,13?/m1/s1. The molecule has 2 saturated carbocycles. The van der Waals surface area contributed by atoms with Gasteiger partial charge in [-0.3, -0.25) is 9.79 Å². The van der Waals surface area contributed by atoms with Crippen molar-refractivity contribution in [1.82, 2.24) is 5.32 Å². The Hall–Kier alpha value is -0.550. The summed E-state index contributed by atoms with van der Waals surface area (Å²) in [6.07, 6.45) is 7.36. The van der Waals surface area contributed by atoms with Gasteiger partial charge in [-0.1, -0.05) is 18.2 Å². The molecular weight excluding hydrogens is 272 g/mol. The predicted molar refractivity (Wildman–Crippen MR) is 79.7 cm³/mol. The van der Waals surface area contributed by atoms with Gasteiger partial charge in [0.15, 0.2) is 5.17 Å². The molecule has 4 atom stereocenters. The summed E-state index contributed by atoms with van der Waals surface area (Å²) in [5, 5.41) is 3.98. The van der Waals surface area contributed by atoms with Gasteiger partial charge in [-0.05, 0) is 49.9 Å². The average molecular weight is 294 g/mol. The van der Waals surface area contributed by atoms with Gasteiger partial charge in [0, 0.05) is 13.2 Å². The van der Waals surface area contributed by atoms with Crippen LogP contribution in [0.25, 0.3) is 0 Å². The van der Waals surface area contributed by atoms with E-state index in [1.54, 1.807) is 11.8 Å². The molecule has 1 N–H and O–H groups in total. The van der Waals surface area contributed by atoms with Crippen LogP contribution in [0.2, 0.25) is 0 Å². The smallest absolute Gasteiger partial charge is 0.239 e. The molecule has 0 radical (unpaired) electrons. The maximum absolute atomic E-state index is 12.2. The normalized spacial score (nSPS) is 43.4. The highest BCUT2D eigenvalue weighted by Crippen LogP contribution is 2.46. The van der Waals surface area contributed by atoms with Gasteiger partial charge < -0.3 is 10.1 Å². The van der Waals surface area contributed by atoms with E-state index < -0.39 is 0 Å². The minimum absolute atomic E-state index is 0.0660. The Kier molecular flexibility index (Phi) is 3.50. The largest absolute Gasteiger partial charge is 0.381 e. The van der Waals surface area contributed by atoms with Crippen LogP contribution in [0.4, 0.5) is 0 Å². The lowest BCUT2D eigenvalue weighted by Gasteiger charge is -2.24. The lowest BCUT2D eigenvalue weighted by Crippen LogP contribution is -2.33. The fraction of sp³-hybridized carbons (Fsp3) is 0.867. The number of ether oxygens (including phenoxy) is 1. The highest BCUT2D eigenvalue weighted by atomic mass is 32.2. The number of rotatable bonds is 2. The first kappa shape index (κ1) is 13.1. The van der Waals surface area contributed by atoms with Crippen molar-refractivity contribution in [2.75, 3.05) is 13.2 Å². The summed E-state index contributed by atoms with van der Waals surface area (Å²) >= 11 is 1.67. The summed E-state index contributed by atoms with van der Waals surface area (Å²) in [5.41, 5.74) is 0. The van der Waals surface area contributed by atoms with Crippen molar-refractivity contribution in [3.05, 3.63) is 0 Å². The fourth-order valence-electron chi connectivity index (χ4n) is 4.29. The zero-order chi connectivity index (χ0) is 13.5. The number of amidine groups is 1. The highest BCUT2D eigenvalue weighted by Gasteiger charge is 2.42. The van der Waals surface area contributed by atoms with E-state index in [4.69, 9.17) is 9.73 Å². The third-order valence-electron chi connectivity index (χ3n) is 5.41. The van der Waals surface area contributed by atoms with E-state index >= 15 is 0 Å². The lowest BCUT2D eigenvalue weighted by molar-refractivity contribution is -0.120. The van der Waals surface area contributed by atoms with Crippen LogP contribution in [-0.4, -0.2) is 35.6 Å². The number of nitrogens with one attached hydrogen (secondary N) is 1. The Morgan fingerprint density at radius 1 is 1.10 bits per heavy atom. The van der Waals surface area contributed by atoms with E-state index in [1.165, 1.54) is 25.7 Å². The van der Waals surface area contributed by atoms with Crippen LogP contribution in [-0.2, 0) is 9.53 Å². The first-order valence-corrected chi connectivity index (χ1v) is 8.80. The Morgan fingerprint density at radius 3 is 2.65 bits per heavy atom. The summed E-state index contributed by atoms with van der Waals surface area (Å²) in [6.45, 7) is 1.60. The van der Waals surface area contributed by atoms with Crippen LogP contribution >= 0.6 is 11.8 Å². The van der Waals surface area contributed by atoms with Crippen LogP contribution < -0.4 is 5.32 Å². The van der Waals surface area contributed by atoms with E-state index in [2.05, 4.69) is 5.32 Å². The molecule has 110 valence electrons. The quantitative estimate of drug-likeness (QED) is 0.849. The van der Waals surface area contributed by atoms with Crippen LogP contribution in [0.1, 0.15) is 38.5 Å². The number of thioether (sulfide) groups is 1. The molecule has 1 amide bonds. The fourth-order valence-corrected chi connectivity index (χ4v) is 5.52. The zero-order valence-electron chi connectivity index (χ0n) is 11.7. The van der Waals surface area contributed by atoms with Crippen molar-refractivity contribution in [2.45, 2.75) is 49.8 Å². The molecule has 4 aliphatic rings. The molecule has 0 aromatic rings. The van der Waals surface area contributed by atoms with Gasteiger partial charge in [0.05, 0.1) is 11.3 Å². The first-order chi connectivity index (χ1) is 9.79. The molecule has 0 aromatic carbocycles. The van der Waals surface area contributed by atoms with Gasteiger partial charge in [-0.25, -0.2) is 0 Å². The molecule has 4 nitrogen and oxygen atoms in total. The van der Waals surface area contributed by atoms with Gasteiger partial charge in [0.2, 0.25) is 5.91 Å². The third kappa shape index (κ3) is 2.39. The van der Waals surface area contributed by atoms with Gasteiger partial charge in [0.25, 0.3) is 0 Å². The van der Waals surface area contributed by atoms with Crippen molar-refractivity contribution in [1.29, 1.82) is 0 Å². The molecule has 2 bridgehead atoms. The molecule has 5 heteroatoms. The molecular formula is C15H22N2O2S. The minimum Gasteiger partial charge on any atom is -0.381 e. The number of carbonyl (C=O) groups is 1. The van der Waals surface area contributed by atoms with Crippen LogP contribution in [0.3, 0.4) is 0 Å². The van der Waals surface area contributed by atoms with Crippen LogP contribution in [0, 0.1) is 17.8 Å². The third-order valence-corrected chi connectivity index (χ3v) is 6.69. The Morgan fingerprint density at radius 2 is 1.95 bits per heavy atom. The number of hydrogen-bond acceptors (Lipinski definition) is 4. The highest BCUT2D eigenvalue weighted by molar-refractivity contribution is 8.15. The zero-order valence-corrected chi connectivity index (χ0v) is 12.5. The number of nitrogens with zero attached hydrogens (tertiary/aromatic N) is 1. The van der Waals surface area contributed by atoms with Crippen molar-refractivity contribution in [2.24, 2.45) is 22.7 Å². The Bertz CT molecular complexity index is 434. The van der Waals surface area contributed by atoms with Crippen LogP contribution in [0.15, 0.2) is 4.99 Å². The summed E-state index contributed by atoms with van der Waals surface area (Å²) in [5.74, 6) is 2.32. The van der Waals surface area contributed by atoms with Gasteiger partial charge >= 0.3 is 0 Å². The molecule has 0 spiro atoms. The second kappa shape index (κ2) is 5.34. The molecule has 2 aliphatic carbocycles. The van der Waals surface area contributed by atoms with Gasteiger partial charge in [-0.15, -0.1) is 0 Å².